The van der Waals surface area contributed by atoms with E-state index in [4.69, 9.17) is 0 Å². The van der Waals surface area contributed by atoms with Gasteiger partial charge in [0.15, 0.2) is 5.13 Å². The summed E-state index contributed by atoms with van der Waals surface area (Å²) in [6, 6.07) is 0.601. The van der Waals surface area contributed by atoms with Gasteiger partial charge in [0, 0.05) is 30.2 Å². The van der Waals surface area contributed by atoms with Gasteiger partial charge in [0.25, 0.3) is 0 Å². The first kappa shape index (κ1) is 14.5. The lowest BCUT2D eigenvalue weighted by Gasteiger charge is -2.27. The third-order valence-electron chi connectivity index (χ3n) is 3.15. The number of aromatic nitrogens is 1. The number of nitrogens with one attached hydrogen (secondary N) is 1. The van der Waals surface area contributed by atoms with Crippen molar-refractivity contribution < 1.29 is 0 Å². The quantitative estimate of drug-likeness (QED) is 0.809. The number of nitrogens with zero attached hydrogens (tertiary/aromatic N) is 2. The Kier molecular flexibility index (Phi) is 5.92. The van der Waals surface area contributed by atoms with Crippen LogP contribution in [0, 0.1) is 5.92 Å². The average molecular weight is 255 g/mol. The van der Waals surface area contributed by atoms with Crippen LogP contribution in [0.25, 0.3) is 0 Å². The third kappa shape index (κ3) is 4.64. The van der Waals surface area contributed by atoms with E-state index in [1.807, 2.05) is 6.20 Å². The minimum atomic E-state index is 0.601. The molecule has 0 bridgehead atoms. The Balaban J connectivity index is 2.48. The Hall–Kier alpha value is -0.610. The van der Waals surface area contributed by atoms with Crippen molar-refractivity contribution >= 4 is 16.5 Å². The van der Waals surface area contributed by atoms with Crippen molar-refractivity contribution in [3.63, 3.8) is 0 Å². The van der Waals surface area contributed by atoms with Crippen molar-refractivity contribution in [2.45, 2.75) is 46.7 Å². The first-order valence-electron chi connectivity index (χ1n) is 6.43. The van der Waals surface area contributed by atoms with Gasteiger partial charge in [-0.3, -0.25) is 4.90 Å². The molecular formula is C13H25N3S. The van der Waals surface area contributed by atoms with E-state index in [1.54, 1.807) is 11.3 Å². The van der Waals surface area contributed by atoms with E-state index in [-0.39, 0.29) is 0 Å². The van der Waals surface area contributed by atoms with Gasteiger partial charge in [0.05, 0.1) is 0 Å². The van der Waals surface area contributed by atoms with Gasteiger partial charge in [-0.2, -0.15) is 0 Å². The summed E-state index contributed by atoms with van der Waals surface area (Å²) in [5, 5.41) is 4.38. The van der Waals surface area contributed by atoms with E-state index in [0.29, 0.717) is 12.0 Å². The number of hydrogen-bond donors (Lipinski definition) is 1. The molecule has 0 saturated heterocycles. The van der Waals surface area contributed by atoms with Gasteiger partial charge in [-0.1, -0.05) is 20.8 Å². The van der Waals surface area contributed by atoms with Crippen molar-refractivity contribution in [1.29, 1.82) is 0 Å². The fourth-order valence-corrected chi connectivity index (χ4v) is 2.49. The molecule has 1 aromatic rings. The maximum absolute atomic E-state index is 4.39. The highest BCUT2D eigenvalue weighted by molar-refractivity contribution is 7.15. The van der Waals surface area contributed by atoms with E-state index in [9.17, 15) is 0 Å². The molecule has 1 atom stereocenters. The first-order chi connectivity index (χ1) is 8.04. The molecular weight excluding hydrogens is 230 g/mol. The van der Waals surface area contributed by atoms with E-state index in [2.05, 4.69) is 49.9 Å². The van der Waals surface area contributed by atoms with Gasteiger partial charge < -0.3 is 5.32 Å². The van der Waals surface area contributed by atoms with Gasteiger partial charge in [0.2, 0.25) is 0 Å². The van der Waals surface area contributed by atoms with E-state index in [0.717, 1.165) is 24.6 Å². The van der Waals surface area contributed by atoms with Gasteiger partial charge >= 0.3 is 0 Å². The summed E-state index contributed by atoms with van der Waals surface area (Å²) in [6.07, 6.45) is 3.13. The Morgan fingerprint density at radius 3 is 2.71 bits per heavy atom. The lowest BCUT2D eigenvalue weighted by Crippen LogP contribution is -2.32. The molecule has 0 radical (unpaired) electrons. The fraction of sp³-hybridized carbons (Fsp3) is 0.769. The molecule has 4 heteroatoms. The molecule has 1 rings (SSSR count). The van der Waals surface area contributed by atoms with Crippen LogP contribution in [-0.4, -0.2) is 29.5 Å². The third-order valence-corrected chi connectivity index (χ3v) is 4.08. The normalized spacial score (nSPS) is 13.4. The molecule has 0 amide bonds. The van der Waals surface area contributed by atoms with E-state index in [1.165, 1.54) is 4.88 Å². The van der Waals surface area contributed by atoms with Crippen molar-refractivity contribution in [2.24, 2.45) is 5.92 Å². The molecule has 0 saturated carbocycles. The van der Waals surface area contributed by atoms with Gasteiger partial charge in [0.1, 0.15) is 0 Å². The molecule has 0 fully saturated rings. The lowest BCUT2D eigenvalue weighted by atomic mass is 10.1. The Morgan fingerprint density at radius 2 is 2.12 bits per heavy atom. The summed E-state index contributed by atoms with van der Waals surface area (Å²) >= 11 is 1.77. The molecule has 1 aromatic heterocycles. The molecule has 0 aliphatic carbocycles. The monoisotopic (exact) mass is 255 g/mol. The number of thiazole rings is 1. The summed E-state index contributed by atoms with van der Waals surface area (Å²) in [5.41, 5.74) is 0. The van der Waals surface area contributed by atoms with Gasteiger partial charge in [-0.25, -0.2) is 4.98 Å². The van der Waals surface area contributed by atoms with Crippen LogP contribution in [-0.2, 0) is 6.54 Å². The second kappa shape index (κ2) is 6.97. The highest BCUT2D eigenvalue weighted by Gasteiger charge is 2.14. The second-order valence-corrected chi connectivity index (χ2v) is 6.07. The zero-order chi connectivity index (χ0) is 12.8. The SMILES string of the molecule is CCCNc1ncc(CN(C)C(C)C(C)C)s1. The number of anilines is 1. The predicted molar refractivity (Wildman–Crippen MR) is 76.7 cm³/mol. The standard InChI is InChI=1S/C13H25N3S/c1-6-7-14-13-15-8-12(17-13)9-16(5)11(4)10(2)3/h8,10-11H,6-7,9H2,1-5H3,(H,14,15). The fourth-order valence-electron chi connectivity index (χ4n) is 1.59. The van der Waals surface area contributed by atoms with Crippen molar-refractivity contribution in [1.82, 2.24) is 9.88 Å². The number of hydrogen-bond acceptors (Lipinski definition) is 4. The van der Waals surface area contributed by atoms with Crippen molar-refractivity contribution in [3.8, 4) is 0 Å². The predicted octanol–water partition coefficient (Wildman–Crippen LogP) is 3.44. The lowest BCUT2D eigenvalue weighted by molar-refractivity contribution is 0.202. The van der Waals surface area contributed by atoms with Crippen LogP contribution in [0.2, 0.25) is 0 Å². The minimum Gasteiger partial charge on any atom is -0.362 e. The topological polar surface area (TPSA) is 28.2 Å². The summed E-state index contributed by atoms with van der Waals surface area (Å²) in [6.45, 7) is 11.0. The molecule has 0 spiro atoms. The maximum Gasteiger partial charge on any atom is 0.182 e. The second-order valence-electron chi connectivity index (χ2n) is 4.96. The highest BCUT2D eigenvalue weighted by Crippen LogP contribution is 2.21. The van der Waals surface area contributed by atoms with Crippen LogP contribution < -0.4 is 5.32 Å². The van der Waals surface area contributed by atoms with E-state index < -0.39 is 0 Å². The Labute approximate surface area is 109 Å². The Morgan fingerprint density at radius 1 is 1.41 bits per heavy atom. The zero-order valence-electron chi connectivity index (χ0n) is 11.7. The van der Waals surface area contributed by atoms with Crippen LogP contribution in [0.3, 0.4) is 0 Å². The molecule has 3 nitrogen and oxygen atoms in total. The molecule has 1 unspecified atom stereocenters. The molecule has 0 aliphatic rings. The summed E-state index contributed by atoms with van der Waals surface area (Å²) in [4.78, 5) is 8.11. The molecule has 17 heavy (non-hydrogen) atoms. The number of rotatable bonds is 7. The van der Waals surface area contributed by atoms with Crippen LogP contribution >= 0.6 is 11.3 Å². The first-order valence-corrected chi connectivity index (χ1v) is 7.25. The molecule has 0 aromatic carbocycles. The molecule has 98 valence electrons. The minimum absolute atomic E-state index is 0.601. The van der Waals surface area contributed by atoms with Gasteiger partial charge in [-0.05, 0) is 26.3 Å². The summed E-state index contributed by atoms with van der Waals surface area (Å²) in [7, 11) is 2.18. The molecule has 1 N–H and O–H groups in total. The van der Waals surface area contributed by atoms with E-state index >= 15 is 0 Å². The summed E-state index contributed by atoms with van der Waals surface area (Å²) < 4.78 is 0. The smallest absolute Gasteiger partial charge is 0.182 e. The van der Waals surface area contributed by atoms with Crippen LogP contribution in [0.15, 0.2) is 6.20 Å². The maximum atomic E-state index is 4.39. The molecule has 1 heterocycles. The largest absolute Gasteiger partial charge is 0.362 e. The van der Waals surface area contributed by atoms with Gasteiger partial charge in [-0.15, -0.1) is 11.3 Å². The van der Waals surface area contributed by atoms with Crippen molar-refractivity contribution in [3.05, 3.63) is 11.1 Å². The zero-order valence-corrected chi connectivity index (χ0v) is 12.5. The average Bonchev–Trinajstić information content (AvgIpc) is 2.72. The molecule has 0 aliphatic heterocycles. The summed E-state index contributed by atoms with van der Waals surface area (Å²) in [5.74, 6) is 0.686. The van der Waals surface area contributed by atoms with Crippen LogP contribution in [0.5, 0.6) is 0 Å². The van der Waals surface area contributed by atoms with Crippen LogP contribution in [0.1, 0.15) is 39.0 Å². The Bertz CT molecular complexity index is 322. The highest BCUT2D eigenvalue weighted by atomic mass is 32.1. The van der Waals surface area contributed by atoms with Crippen molar-refractivity contribution in [2.75, 3.05) is 18.9 Å². The van der Waals surface area contributed by atoms with Crippen LogP contribution in [0.4, 0.5) is 5.13 Å².